The average molecular weight is 702 g/mol. The normalized spacial score (nSPS) is 15.4. The molecule has 46 heavy (non-hydrogen) atoms. The fourth-order valence-electron chi connectivity index (χ4n) is 4.52. The molecular formula is C31H32Cl2F2N2O8S. The molecule has 0 amide bonds. The Kier molecular flexibility index (Phi) is 10.8. The van der Waals surface area contributed by atoms with Gasteiger partial charge in [0.25, 0.3) is 0 Å². The number of sulfonamides is 1. The number of rotatable bonds is 16. The minimum atomic E-state index is -3.49. The van der Waals surface area contributed by atoms with Crippen LogP contribution in [0.1, 0.15) is 58.8 Å². The van der Waals surface area contributed by atoms with Crippen molar-refractivity contribution in [1.29, 1.82) is 0 Å². The zero-order chi connectivity index (χ0) is 33.0. The van der Waals surface area contributed by atoms with Gasteiger partial charge in [-0.25, -0.2) is 17.9 Å². The molecule has 0 spiro atoms. The zero-order valence-electron chi connectivity index (χ0n) is 24.7. The number of ether oxygens (including phenoxy) is 4. The SMILES string of the molecule is CS(=O)(=O)NCc1ccc(C(=O)OC(Cc2c(Cl)c[n+]([O-])cc2Cl)c2ccc(OC(F)F)c(OCC3CC3)c2)cc1OCC1CC1. The van der Waals surface area contributed by atoms with Gasteiger partial charge in [-0.2, -0.15) is 13.5 Å². The van der Waals surface area contributed by atoms with Gasteiger partial charge in [0, 0.05) is 24.1 Å². The number of pyridine rings is 1. The van der Waals surface area contributed by atoms with E-state index >= 15 is 0 Å². The molecule has 15 heteroatoms. The number of halogens is 4. The maximum atomic E-state index is 13.6. The number of nitrogens with zero attached hydrogens (tertiary/aromatic N) is 1. The van der Waals surface area contributed by atoms with Crippen molar-refractivity contribution in [2.75, 3.05) is 19.5 Å². The first-order valence-corrected chi connectivity index (χ1v) is 17.2. The minimum Gasteiger partial charge on any atom is -0.619 e. The fraction of sp³-hybridized carbons (Fsp3) is 0.419. The maximum Gasteiger partial charge on any atom is 0.387 e. The molecule has 1 heterocycles. The topological polar surface area (TPSA) is 127 Å². The summed E-state index contributed by atoms with van der Waals surface area (Å²) >= 11 is 12.7. The fourth-order valence-corrected chi connectivity index (χ4v) is 5.54. The van der Waals surface area contributed by atoms with Crippen molar-refractivity contribution in [3.63, 3.8) is 0 Å². The van der Waals surface area contributed by atoms with Crippen molar-refractivity contribution in [1.82, 2.24) is 4.72 Å². The Balaban J connectivity index is 1.46. The zero-order valence-corrected chi connectivity index (χ0v) is 27.0. The van der Waals surface area contributed by atoms with E-state index in [2.05, 4.69) is 9.46 Å². The van der Waals surface area contributed by atoms with Crippen molar-refractivity contribution in [2.45, 2.75) is 51.4 Å². The van der Waals surface area contributed by atoms with E-state index in [0.717, 1.165) is 44.3 Å². The summed E-state index contributed by atoms with van der Waals surface area (Å²) in [5, 5.41) is 11.9. The van der Waals surface area contributed by atoms with Crippen LogP contribution in [0.4, 0.5) is 8.78 Å². The highest BCUT2D eigenvalue weighted by Gasteiger charge is 2.28. The second-order valence-corrected chi connectivity index (χ2v) is 14.0. The molecule has 5 rings (SSSR count). The molecule has 2 fully saturated rings. The standard InChI is InChI=1S/C31H32Cl2F2N2O8S/c1-46(40,41)36-13-22-7-6-21(11-27(22)42-16-18-2-3-18)30(38)44-28(12-23-24(32)14-37(39)15-25(23)33)20-8-9-26(45-31(34)35)29(10-20)43-17-19-4-5-19/h6-11,14-15,18-19,28,31,36H,2-5,12-13,16-17H2,1H3. The monoisotopic (exact) mass is 700 g/mol. The van der Waals surface area contributed by atoms with Crippen LogP contribution in [0.15, 0.2) is 48.8 Å². The number of hydrogen-bond donors (Lipinski definition) is 1. The van der Waals surface area contributed by atoms with Gasteiger partial charge in [-0.3, -0.25) is 0 Å². The Hall–Kier alpha value is -3.39. The van der Waals surface area contributed by atoms with E-state index in [9.17, 15) is 27.2 Å². The molecule has 2 aromatic carbocycles. The molecule has 2 aliphatic carbocycles. The summed E-state index contributed by atoms with van der Waals surface area (Å²) < 4.78 is 75.0. The average Bonchev–Trinajstić information content (AvgIpc) is 3.91. The molecule has 0 radical (unpaired) electrons. The third-order valence-corrected chi connectivity index (χ3v) is 8.74. The molecule has 3 aromatic rings. The number of nitrogens with one attached hydrogen (secondary N) is 1. The minimum absolute atomic E-state index is 0.0323. The number of aromatic nitrogens is 1. The van der Waals surface area contributed by atoms with Crippen LogP contribution in [0.5, 0.6) is 17.2 Å². The smallest absolute Gasteiger partial charge is 0.387 e. The van der Waals surface area contributed by atoms with E-state index < -0.39 is 28.7 Å². The second kappa shape index (κ2) is 14.6. The van der Waals surface area contributed by atoms with Crippen LogP contribution in [0.3, 0.4) is 0 Å². The molecule has 0 aliphatic heterocycles. The number of alkyl halides is 2. The number of carbonyl (C=O) groups is 1. The lowest BCUT2D eigenvalue weighted by atomic mass is 10.0. The lowest BCUT2D eigenvalue weighted by Gasteiger charge is -2.22. The van der Waals surface area contributed by atoms with Crippen LogP contribution in [-0.4, -0.2) is 40.5 Å². The van der Waals surface area contributed by atoms with Crippen LogP contribution >= 0.6 is 23.2 Å². The highest BCUT2D eigenvalue weighted by atomic mass is 35.5. The molecule has 1 unspecified atom stereocenters. The maximum absolute atomic E-state index is 13.6. The van der Waals surface area contributed by atoms with E-state index in [4.69, 9.17) is 37.4 Å². The first-order chi connectivity index (χ1) is 21.8. The summed E-state index contributed by atoms with van der Waals surface area (Å²) in [4.78, 5) is 13.6. The Morgan fingerprint density at radius 2 is 1.61 bits per heavy atom. The molecule has 0 bridgehead atoms. The molecule has 1 atom stereocenters. The summed E-state index contributed by atoms with van der Waals surface area (Å²) in [6, 6.07) is 8.76. The number of benzene rings is 2. The van der Waals surface area contributed by atoms with Gasteiger partial charge < -0.3 is 24.2 Å². The quantitative estimate of drug-likeness (QED) is 0.110. The van der Waals surface area contributed by atoms with Gasteiger partial charge in [0.15, 0.2) is 23.9 Å². The third kappa shape index (κ3) is 9.81. The molecular weight excluding hydrogens is 669 g/mol. The first-order valence-electron chi connectivity index (χ1n) is 14.5. The van der Waals surface area contributed by atoms with Gasteiger partial charge in [0.2, 0.25) is 10.0 Å². The van der Waals surface area contributed by atoms with E-state index in [1.807, 2.05) is 0 Å². The van der Waals surface area contributed by atoms with Crippen molar-refractivity contribution >= 4 is 39.2 Å². The van der Waals surface area contributed by atoms with Crippen LogP contribution < -0.4 is 23.7 Å². The van der Waals surface area contributed by atoms with Crippen LogP contribution in [0.25, 0.3) is 0 Å². The van der Waals surface area contributed by atoms with Crippen LogP contribution in [0, 0.1) is 17.0 Å². The first kappa shape index (κ1) is 34.0. The Labute approximate surface area is 275 Å². The van der Waals surface area contributed by atoms with Gasteiger partial charge in [-0.15, -0.1) is 0 Å². The number of esters is 1. The van der Waals surface area contributed by atoms with Gasteiger partial charge in [0.05, 0.1) is 25.0 Å². The molecule has 2 aliphatic rings. The molecule has 2 saturated carbocycles. The van der Waals surface area contributed by atoms with E-state index in [-0.39, 0.29) is 40.1 Å². The van der Waals surface area contributed by atoms with E-state index in [1.165, 1.54) is 30.3 Å². The van der Waals surface area contributed by atoms with Gasteiger partial charge in [-0.1, -0.05) is 35.3 Å². The highest BCUT2D eigenvalue weighted by molar-refractivity contribution is 7.88. The van der Waals surface area contributed by atoms with E-state index in [1.54, 1.807) is 6.07 Å². The Morgan fingerprint density at radius 3 is 2.20 bits per heavy atom. The molecule has 248 valence electrons. The largest absolute Gasteiger partial charge is 0.619 e. The molecule has 1 aromatic heterocycles. The van der Waals surface area contributed by atoms with Crippen LogP contribution in [-0.2, 0) is 27.7 Å². The summed E-state index contributed by atoms with van der Waals surface area (Å²) in [5.41, 5.74) is 1.33. The lowest BCUT2D eigenvalue weighted by molar-refractivity contribution is -0.605. The van der Waals surface area contributed by atoms with Gasteiger partial charge in [-0.05, 0) is 67.3 Å². The van der Waals surface area contributed by atoms with Crippen LogP contribution in [0.2, 0.25) is 10.0 Å². The molecule has 1 N–H and O–H groups in total. The predicted octanol–water partition coefficient (Wildman–Crippen LogP) is 6.00. The summed E-state index contributed by atoms with van der Waals surface area (Å²) in [6.07, 6.45) is 6.07. The summed E-state index contributed by atoms with van der Waals surface area (Å²) in [7, 11) is -3.49. The second-order valence-electron chi connectivity index (χ2n) is 11.4. The molecule has 10 nitrogen and oxygen atoms in total. The lowest BCUT2D eigenvalue weighted by Crippen LogP contribution is -2.25. The Bertz CT molecular complexity index is 1660. The molecule has 0 saturated heterocycles. The number of carbonyl (C=O) groups excluding carboxylic acids is 1. The number of hydrogen-bond acceptors (Lipinski definition) is 8. The Morgan fingerprint density at radius 1 is 0.978 bits per heavy atom. The van der Waals surface area contributed by atoms with Crippen molar-refractivity contribution in [3.05, 3.63) is 86.3 Å². The van der Waals surface area contributed by atoms with Crippen molar-refractivity contribution < 1.29 is 45.7 Å². The highest BCUT2D eigenvalue weighted by Crippen LogP contribution is 2.38. The van der Waals surface area contributed by atoms with E-state index in [0.29, 0.717) is 52.2 Å². The van der Waals surface area contributed by atoms with Crippen molar-refractivity contribution in [3.8, 4) is 17.2 Å². The summed E-state index contributed by atoms with van der Waals surface area (Å²) in [6.45, 7) is -2.42. The summed E-state index contributed by atoms with van der Waals surface area (Å²) in [5.74, 6) is 0.128. The van der Waals surface area contributed by atoms with Gasteiger partial charge in [0.1, 0.15) is 21.9 Å². The third-order valence-electron chi connectivity index (χ3n) is 7.42. The van der Waals surface area contributed by atoms with Crippen molar-refractivity contribution in [2.24, 2.45) is 11.8 Å². The predicted molar refractivity (Wildman–Crippen MR) is 165 cm³/mol. The van der Waals surface area contributed by atoms with Gasteiger partial charge >= 0.3 is 12.6 Å².